The lowest BCUT2D eigenvalue weighted by Gasteiger charge is -2.08. The van der Waals surface area contributed by atoms with Gasteiger partial charge in [-0.1, -0.05) is 11.6 Å². The van der Waals surface area contributed by atoms with Gasteiger partial charge in [-0.15, -0.1) is 0 Å². The summed E-state index contributed by atoms with van der Waals surface area (Å²) in [6, 6.07) is 3.60. The summed E-state index contributed by atoms with van der Waals surface area (Å²) in [4.78, 5) is 3.93. The summed E-state index contributed by atoms with van der Waals surface area (Å²) in [7, 11) is 0. The van der Waals surface area contributed by atoms with Crippen molar-refractivity contribution in [2.75, 3.05) is 0 Å². The van der Waals surface area contributed by atoms with Gasteiger partial charge >= 0.3 is 0 Å². The van der Waals surface area contributed by atoms with E-state index in [1.807, 2.05) is 16.8 Å². The Morgan fingerprint density at radius 1 is 1.36 bits per heavy atom. The molecule has 4 heteroatoms. The third kappa shape index (κ3) is 1.95. The van der Waals surface area contributed by atoms with Gasteiger partial charge in [0.1, 0.15) is 6.10 Å². The van der Waals surface area contributed by atoms with Crippen LogP contribution in [0.3, 0.4) is 0 Å². The molecule has 0 radical (unpaired) electrons. The summed E-state index contributed by atoms with van der Waals surface area (Å²) in [6.07, 6.45) is 2.53. The first-order valence-electron chi connectivity index (χ1n) is 4.08. The van der Waals surface area contributed by atoms with Crippen molar-refractivity contribution < 1.29 is 5.11 Å². The van der Waals surface area contributed by atoms with E-state index in [1.54, 1.807) is 29.8 Å². The van der Waals surface area contributed by atoms with Crippen LogP contribution in [0.2, 0.25) is 5.02 Å². The maximum atomic E-state index is 9.91. The molecule has 14 heavy (non-hydrogen) atoms. The fourth-order valence-corrected chi connectivity index (χ4v) is 2.06. The number of aliphatic hydroxyl groups is 1. The molecule has 2 nitrogen and oxygen atoms in total. The molecule has 0 aliphatic carbocycles. The van der Waals surface area contributed by atoms with E-state index in [0.717, 1.165) is 11.1 Å². The van der Waals surface area contributed by atoms with E-state index < -0.39 is 6.10 Å². The quantitative estimate of drug-likeness (QED) is 0.853. The number of thiophene rings is 1. The van der Waals surface area contributed by atoms with Crippen molar-refractivity contribution in [3.8, 4) is 0 Å². The van der Waals surface area contributed by atoms with E-state index in [4.69, 9.17) is 11.6 Å². The molecule has 0 amide bonds. The van der Waals surface area contributed by atoms with Crippen LogP contribution in [0.5, 0.6) is 0 Å². The zero-order valence-corrected chi connectivity index (χ0v) is 8.79. The van der Waals surface area contributed by atoms with E-state index in [9.17, 15) is 5.11 Å². The maximum absolute atomic E-state index is 9.91. The Labute approximate surface area is 90.8 Å². The molecule has 2 rings (SSSR count). The highest BCUT2D eigenvalue weighted by Crippen LogP contribution is 2.24. The average molecular weight is 226 g/mol. The van der Waals surface area contributed by atoms with Crippen LogP contribution in [-0.4, -0.2) is 10.1 Å². The molecule has 0 bridgehead atoms. The average Bonchev–Trinajstić information content (AvgIpc) is 2.69. The molecule has 0 spiro atoms. The van der Waals surface area contributed by atoms with E-state index in [-0.39, 0.29) is 0 Å². The van der Waals surface area contributed by atoms with Gasteiger partial charge in [-0.3, -0.25) is 4.98 Å². The first-order chi connectivity index (χ1) is 6.77. The van der Waals surface area contributed by atoms with E-state index in [2.05, 4.69) is 4.98 Å². The molecule has 0 saturated heterocycles. The number of hydrogen-bond acceptors (Lipinski definition) is 3. The number of rotatable bonds is 2. The fourth-order valence-electron chi connectivity index (χ4n) is 1.20. The minimum atomic E-state index is -0.632. The molecule has 1 atom stereocenters. The maximum Gasteiger partial charge on any atom is 0.106 e. The molecule has 0 aromatic carbocycles. The molecule has 2 heterocycles. The summed E-state index contributed by atoms with van der Waals surface area (Å²) in [5.74, 6) is 0. The summed E-state index contributed by atoms with van der Waals surface area (Å²) >= 11 is 7.33. The monoisotopic (exact) mass is 225 g/mol. The number of aliphatic hydroxyl groups excluding tert-OH is 1. The number of halogens is 1. The van der Waals surface area contributed by atoms with Gasteiger partial charge < -0.3 is 5.11 Å². The van der Waals surface area contributed by atoms with Crippen LogP contribution >= 0.6 is 22.9 Å². The lowest BCUT2D eigenvalue weighted by molar-refractivity contribution is 0.220. The Bertz CT molecular complexity index is 416. The molecule has 0 saturated carbocycles. The molecule has 2 aromatic rings. The molecular weight excluding hydrogens is 218 g/mol. The number of aromatic nitrogens is 1. The highest BCUT2D eigenvalue weighted by atomic mass is 35.5. The normalized spacial score (nSPS) is 12.7. The third-order valence-corrected chi connectivity index (χ3v) is 2.81. The lowest BCUT2D eigenvalue weighted by atomic mass is 10.1. The van der Waals surface area contributed by atoms with Crippen LogP contribution in [0, 0.1) is 0 Å². The molecule has 0 aliphatic heterocycles. The fraction of sp³-hybridized carbons (Fsp3) is 0.100. The Morgan fingerprint density at radius 3 is 2.86 bits per heavy atom. The zero-order valence-electron chi connectivity index (χ0n) is 7.22. The zero-order chi connectivity index (χ0) is 9.97. The van der Waals surface area contributed by atoms with Crippen molar-refractivity contribution in [2.24, 2.45) is 0 Å². The standard InChI is InChI=1S/C10H8ClNOS/c11-9-3-8(4-12-5-9)10(13)7-1-2-14-6-7/h1-6,10,13H. The minimum absolute atomic E-state index is 0.539. The molecule has 1 unspecified atom stereocenters. The molecule has 1 N–H and O–H groups in total. The Hall–Kier alpha value is -0.900. The van der Waals surface area contributed by atoms with Crippen molar-refractivity contribution in [3.63, 3.8) is 0 Å². The van der Waals surface area contributed by atoms with Gasteiger partial charge in [0.25, 0.3) is 0 Å². The predicted octanol–water partition coefficient (Wildman–Crippen LogP) is 2.88. The van der Waals surface area contributed by atoms with Gasteiger partial charge in [0.15, 0.2) is 0 Å². The Morgan fingerprint density at radius 2 is 2.21 bits per heavy atom. The number of hydrogen-bond donors (Lipinski definition) is 1. The Balaban J connectivity index is 2.32. The second-order valence-corrected chi connectivity index (χ2v) is 4.11. The van der Waals surface area contributed by atoms with Crippen molar-refractivity contribution in [2.45, 2.75) is 6.10 Å². The second-order valence-electron chi connectivity index (χ2n) is 2.90. The summed E-state index contributed by atoms with van der Waals surface area (Å²) in [5, 5.41) is 14.3. The highest BCUT2D eigenvalue weighted by molar-refractivity contribution is 7.07. The van der Waals surface area contributed by atoms with Crippen molar-refractivity contribution in [1.29, 1.82) is 0 Å². The topological polar surface area (TPSA) is 33.1 Å². The van der Waals surface area contributed by atoms with Crippen LogP contribution in [0.1, 0.15) is 17.2 Å². The second kappa shape index (κ2) is 4.09. The van der Waals surface area contributed by atoms with Gasteiger partial charge in [0.05, 0.1) is 5.02 Å². The minimum Gasteiger partial charge on any atom is -0.384 e. The van der Waals surface area contributed by atoms with E-state index >= 15 is 0 Å². The smallest absolute Gasteiger partial charge is 0.106 e. The van der Waals surface area contributed by atoms with E-state index in [1.165, 1.54) is 0 Å². The molecule has 0 aliphatic rings. The summed E-state index contributed by atoms with van der Waals surface area (Å²) in [6.45, 7) is 0. The van der Waals surface area contributed by atoms with Crippen LogP contribution in [0.4, 0.5) is 0 Å². The van der Waals surface area contributed by atoms with Gasteiger partial charge in [0, 0.05) is 18.0 Å². The molecular formula is C10H8ClNOS. The first-order valence-corrected chi connectivity index (χ1v) is 5.40. The van der Waals surface area contributed by atoms with E-state index in [0.29, 0.717) is 5.02 Å². The lowest BCUT2D eigenvalue weighted by Crippen LogP contribution is -1.98. The van der Waals surface area contributed by atoms with Crippen LogP contribution in [-0.2, 0) is 0 Å². The van der Waals surface area contributed by atoms with Crippen LogP contribution in [0.15, 0.2) is 35.3 Å². The van der Waals surface area contributed by atoms with Crippen molar-refractivity contribution in [1.82, 2.24) is 4.98 Å². The van der Waals surface area contributed by atoms with Crippen molar-refractivity contribution in [3.05, 3.63) is 51.4 Å². The first kappa shape index (κ1) is 9.65. The Kier molecular flexibility index (Phi) is 2.82. The van der Waals surface area contributed by atoms with Crippen LogP contribution < -0.4 is 0 Å². The summed E-state index contributed by atoms with van der Waals surface area (Å²) < 4.78 is 0. The molecule has 72 valence electrons. The highest BCUT2D eigenvalue weighted by Gasteiger charge is 2.10. The van der Waals surface area contributed by atoms with Gasteiger partial charge in [-0.05, 0) is 28.5 Å². The van der Waals surface area contributed by atoms with Gasteiger partial charge in [-0.25, -0.2) is 0 Å². The van der Waals surface area contributed by atoms with Crippen LogP contribution in [0.25, 0.3) is 0 Å². The predicted molar refractivity (Wildman–Crippen MR) is 57.6 cm³/mol. The van der Waals surface area contributed by atoms with Crippen molar-refractivity contribution >= 4 is 22.9 Å². The number of nitrogens with zero attached hydrogens (tertiary/aromatic N) is 1. The SMILES string of the molecule is OC(c1ccsc1)c1cncc(Cl)c1. The molecule has 2 aromatic heterocycles. The molecule has 0 fully saturated rings. The number of pyridine rings is 1. The third-order valence-electron chi connectivity index (χ3n) is 1.90. The van der Waals surface area contributed by atoms with Gasteiger partial charge in [0.2, 0.25) is 0 Å². The largest absolute Gasteiger partial charge is 0.384 e. The summed E-state index contributed by atoms with van der Waals surface area (Å²) in [5.41, 5.74) is 1.59. The van der Waals surface area contributed by atoms with Gasteiger partial charge in [-0.2, -0.15) is 11.3 Å².